The fraction of sp³-hybridized carbons (Fsp3) is 0.143. The Morgan fingerprint density at radius 1 is 1.10 bits per heavy atom. The molecule has 7 heteroatoms. The number of nitrogens with two attached hydrogens (primary N) is 1. The monoisotopic (exact) mass is 312 g/mol. The zero-order valence-corrected chi connectivity index (χ0v) is 12.0. The van der Waals surface area contributed by atoms with Crippen molar-refractivity contribution in [1.82, 2.24) is 4.72 Å². The minimum Gasteiger partial charge on any atom is -0.399 e. The number of rotatable bonds is 4. The molecule has 0 radical (unpaired) electrons. The number of hydrogen-bond acceptors (Lipinski definition) is 3. The molecule has 0 saturated carbocycles. The van der Waals surface area contributed by atoms with E-state index >= 15 is 0 Å². The molecule has 0 aliphatic rings. The summed E-state index contributed by atoms with van der Waals surface area (Å²) in [6.45, 7) is 1.61. The zero-order valence-electron chi connectivity index (χ0n) is 11.2. The Morgan fingerprint density at radius 3 is 2.29 bits per heavy atom. The van der Waals surface area contributed by atoms with Crippen LogP contribution in [0.15, 0.2) is 47.4 Å². The maximum absolute atomic E-state index is 13.1. The molecular weight excluding hydrogens is 298 g/mol. The molecule has 0 bridgehead atoms. The normalized spacial score (nSPS) is 13.1. The lowest BCUT2D eigenvalue weighted by atomic mass is 10.1. The standard InChI is InChI=1S/C14H14F2N2O2S/c1-9(10-3-2-4-13(17)5-10)18-21(19,20)14-7-11(15)6-12(16)8-14/h2-9,18H,17H2,1H3. The van der Waals surface area contributed by atoms with E-state index < -0.39 is 32.6 Å². The number of benzene rings is 2. The lowest BCUT2D eigenvalue weighted by Gasteiger charge is -2.15. The molecular formula is C14H14F2N2O2S. The van der Waals surface area contributed by atoms with Gasteiger partial charge in [-0.25, -0.2) is 21.9 Å². The predicted molar refractivity (Wildman–Crippen MR) is 75.9 cm³/mol. The van der Waals surface area contributed by atoms with E-state index in [9.17, 15) is 17.2 Å². The molecule has 0 saturated heterocycles. The Morgan fingerprint density at radius 2 is 1.71 bits per heavy atom. The van der Waals surface area contributed by atoms with Gasteiger partial charge in [0.15, 0.2) is 0 Å². The molecule has 1 unspecified atom stereocenters. The maximum Gasteiger partial charge on any atom is 0.241 e. The molecule has 0 aliphatic heterocycles. The van der Waals surface area contributed by atoms with Crippen LogP contribution >= 0.6 is 0 Å². The van der Waals surface area contributed by atoms with Gasteiger partial charge in [0.25, 0.3) is 0 Å². The van der Waals surface area contributed by atoms with Crippen molar-refractivity contribution in [3.63, 3.8) is 0 Å². The largest absolute Gasteiger partial charge is 0.399 e. The van der Waals surface area contributed by atoms with E-state index in [0.717, 1.165) is 12.1 Å². The Bertz CT molecular complexity index is 743. The van der Waals surface area contributed by atoms with Gasteiger partial charge in [-0.05, 0) is 36.8 Å². The number of nitrogens with one attached hydrogen (secondary N) is 1. The van der Waals surface area contributed by atoms with Crippen molar-refractivity contribution >= 4 is 15.7 Å². The third-order valence-corrected chi connectivity index (χ3v) is 4.41. The van der Waals surface area contributed by atoms with Gasteiger partial charge in [0.1, 0.15) is 11.6 Å². The third-order valence-electron chi connectivity index (χ3n) is 2.89. The molecule has 0 amide bonds. The number of sulfonamides is 1. The van der Waals surface area contributed by atoms with Gasteiger partial charge in [0.05, 0.1) is 4.90 Å². The summed E-state index contributed by atoms with van der Waals surface area (Å²) >= 11 is 0. The molecule has 0 aromatic heterocycles. The summed E-state index contributed by atoms with van der Waals surface area (Å²) < 4.78 is 52.9. The molecule has 0 aliphatic carbocycles. The zero-order chi connectivity index (χ0) is 15.6. The van der Waals surface area contributed by atoms with Crippen LogP contribution in [0.3, 0.4) is 0 Å². The first-order chi connectivity index (χ1) is 9.78. The average Bonchev–Trinajstić information content (AvgIpc) is 2.37. The molecule has 2 rings (SSSR count). The van der Waals surface area contributed by atoms with Crippen molar-refractivity contribution in [3.05, 3.63) is 59.7 Å². The van der Waals surface area contributed by atoms with Crippen LogP contribution in [-0.4, -0.2) is 8.42 Å². The summed E-state index contributed by atoms with van der Waals surface area (Å²) in [4.78, 5) is -0.462. The van der Waals surface area contributed by atoms with Crippen molar-refractivity contribution in [2.75, 3.05) is 5.73 Å². The quantitative estimate of drug-likeness (QED) is 0.852. The highest BCUT2D eigenvalue weighted by atomic mass is 32.2. The SMILES string of the molecule is CC(NS(=O)(=O)c1cc(F)cc(F)c1)c1cccc(N)c1. The highest BCUT2D eigenvalue weighted by Crippen LogP contribution is 2.20. The fourth-order valence-electron chi connectivity index (χ4n) is 1.88. The van der Waals surface area contributed by atoms with Crippen LogP contribution < -0.4 is 10.5 Å². The molecule has 4 nitrogen and oxygen atoms in total. The smallest absolute Gasteiger partial charge is 0.241 e. The molecule has 2 aromatic rings. The highest BCUT2D eigenvalue weighted by Gasteiger charge is 2.20. The summed E-state index contributed by atoms with van der Waals surface area (Å²) in [5.74, 6) is -1.90. The van der Waals surface area contributed by atoms with Crippen LogP contribution in [0.25, 0.3) is 0 Å². The Balaban J connectivity index is 2.28. The average molecular weight is 312 g/mol. The van der Waals surface area contributed by atoms with Crippen molar-refractivity contribution in [2.24, 2.45) is 0 Å². The van der Waals surface area contributed by atoms with Gasteiger partial charge in [0, 0.05) is 17.8 Å². The molecule has 112 valence electrons. The lowest BCUT2D eigenvalue weighted by Crippen LogP contribution is -2.27. The molecule has 21 heavy (non-hydrogen) atoms. The van der Waals surface area contributed by atoms with Gasteiger partial charge >= 0.3 is 0 Å². The topological polar surface area (TPSA) is 72.2 Å². The first-order valence-electron chi connectivity index (χ1n) is 6.12. The first-order valence-corrected chi connectivity index (χ1v) is 7.60. The van der Waals surface area contributed by atoms with Gasteiger partial charge in [0.2, 0.25) is 10.0 Å². The summed E-state index contributed by atoms with van der Waals surface area (Å²) in [6, 6.07) is 8.23. The molecule has 3 N–H and O–H groups in total. The Labute approximate surface area is 121 Å². The second kappa shape index (κ2) is 5.79. The number of anilines is 1. The second-order valence-electron chi connectivity index (χ2n) is 4.62. The summed E-state index contributed by atoms with van der Waals surface area (Å²) in [6.07, 6.45) is 0. The van der Waals surface area contributed by atoms with Crippen LogP contribution in [0.5, 0.6) is 0 Å². The van der Waals surface area contributed by atoms with E-state index in [-0.39, 0.29) is 0 Å². The van der Waals surface area contributed by atoms with E-state index in [1.807, 2.05) is 0 Å². The minimum atomic E-state index is -4.04. The van der Waals surface area contributed by atoms with Gasteiger partial charge < -0.3 is 5.73 Å². The highest BCUT2D eigenvalue weighted by molar-refractivity contribution is 7.89. The van der Waals surface area contributed by atoms with Gasteiger partial charge in [-0.1, -0.05) is 12.1 Å². The lowest BCUT2D eigenvalue weighted by molar-refractivity contribution is 0.553. The van der Waals surface area contributed by atoms with Crippen LogP contribution in [0.1, 0.15) is 18.5 Å². The van der Waals surface area contributed by atoms with Crippen molar-refractivity contribution < 1.29 is 17.2 Å². The third kappa shape index (κ3) is 3.77. The molecule has 0 fully saturated rings. The predicted octanol–water partition coefficient (Wildman–Crippen LogP) is 2.59. The summed E-state index contributed by atoms with van der Waals surface area (Å²) in [7, 11) is -4.04. The molecule has 2 aromatic carbocycles. The Kier molecular flexibility index (Phi) is 4.24. The van der Waals surface area contributed by atoms with Gasteiger partial charge in [-0.2, -0.15) is 0 Å². The number of hydrogen-bond donors (Lipinski definition) is 2. The first kappa shape index (κ1) is 15.4. The molecule has 0 spiro atoms. The minimum absolute atomic E-state index is 0.462. The van der Waals surface area contributed by atoms with Crippen molar-refractivity contribution in [2.45, 2.75) is 17.9 Å². The van der Waals surface area contributed by atoms with Crippen LogP contribution in [-0.2, 0) is 10.0 Å². The van der Waals surface area contributed by atoms with Crippen molar-refractivity contribution in [1.29, 1.82) is 0 Å². The van der Waals surface area contributed by atoms with E-state index in [1.165, 1.54) is 0 Å². The van der Waals surface area contributed by atoms with Gasteiger partial charge in [-0.15, -0.1) is 0 Å². The van der Waals surface area contributed by atoms with E-state index in [4.69, 9.17) is 5.73 Å². The van der Waals surface area contributed by atoms with E-state index in [2.05, 4.69) is 4.72 Å². The fourth-order valence-corrected chi connectivity index (χ4v) is 3.15. The second-order valence-corrected chi connectivity index (χ2v) is 6.33. The number of halogens is 2. The maximum atomic E-state index is 13.1. The Hall–Kier alpha value is -1.99. The molecule has 1 atom stereocenters. The molecule has 0 heterocycles. The number of nitrogen functional groups attached to an aromatic ring is 1. The van der Waals surface area contributed by atoms with Crippen LogP contribution in [0.4, 0.5) is 14.5 Å². The van der Waals surface area contributed by atoms with E-state index in [1.54, 1.807) is 31.2 Å². The van der Waals surface area contributed by atoms with Crippen LogP contribution in [0.2, 0.25) is 0 Å². The van der Waals surface area contributed by atoms with Crippen molar-refractivity contribution in [3.8, 4) is 0 Å². The summed E-state index contributed by atoms with van der Waals surface area (Å²) in [5, 5.41) is 0. The van der Waals surface area contributed by atoms with Crippen LogP contribution in [0, 0.1) is 11.6 Å². The van der Waals surface area contributed by atoms with Gasteiger partial charge in [-0.3, -0.25) is 0 Å². The van der Waals surface area contributed by atoms with E-state index in [0.29, 0.717) is 17.3 Å². The summed E-state index contributed by atoms with van der Waals surface area (Å²) in [5.41, 5.74) is 6.78.